The number of nitrogens with two attached hydrogens (primary N) is 1. The maximum Gasteiger partial charge on any atom is 0.230 e. The van der Waals surface area contributed by atoms with E-state index in [9.17, 15) is 4.79 Å². The summed E-state index contributed by atoms with van der Waals surface area (Å²) in [6.07, 6.45) is 3.52. The van der Waals surface area contributed by atoms with Crippen LogP contribution in [0, 0.1) is 0 Å². The van der Waals surface area contributed by atoms with Gasteiger partial charge in [0, 0.05) is 23.1 Å². The smallest absolute Gasteiger partial charge is 0.230 e. The maximum atomic E-state index is 11.1. The Bertz CT molecular complexity index is 553. The molecule has 1 aromatic heterocycles. The van der Waals surface area contributed by atoms with Crippen LogP contribution in [-0.2, 0) is 4.79 Å². The van der Waals surface area contributed by atoms with E-state index in [0.717, 1.165) is 10.8 Å². The number of halogens is 1. The Labute approximate surface area is 114 Å². The van der Waals surface area contributed by atoms with Crippen LogP contribution in [0.3, 0.4) is 0 Å². The maximum absolute atomic E-state index is 11.1. The Morgan fingerprint density at radius 2 is 2.11 bits per heavy atom. The van der Waals surface area contributed by atoms with Gasteiger partial charge in [-0.3, -0.25) is 9.36 Å². The van der Waals surface area contributed by atoms with Gasteiger partial charge < -0.3 is 5.73 Å². The van der Waals surface area contributed by atoms with Gasteiger partial charge in [0.05, 0.1) is 5.25 Å². The zero-order valence-corrected chi connectivity index (χ0v) is 11.3. The van der Waals surface area contributed by atoms with Crippen LogP contribution < -0.4 is 5.73 Å². The molecular weight excluding hydrogens is 270 g/mol. The summed E-state index contributed by atoms with van der Waals surface area (Å²) in [5, 5.41) is 1.08. The number of imidazole rings is 1. The molecule has 0 saturated carbocycles. The Morgan fingerprint density at radius 3 is 2.72 bits per heavy atom. The monoisotopic (exact) mass is 281 g/mol. The van der Waals surface area contributed by atoms with Gasteiger partial charge in [0.25, 0.3) is 0 Å². The third-order valence-electron chi connectivity index (χ3n) is 2.39. The predicted molar refractivity (Wildman–Crippen MR) is 73.1 cm³/mol. The fourth-order valence-corrected chi connectivity index (χ4v) is 2.35. The number of amides is 1. The minimum atomic E-state index is -0.356. The molecule has 0 saturated heterocycles. The molecule has 1 aromatic carbocycles. The van der Waals surface area contributed by atoms with E-state index in [4.69, 9.17) is 17.3 Å². The second kappa shape index (κ2) is 5.46. The molecule has 0 aliphatic rings. The topological polar surface area (TPSA) is 60.9 Å². The summed E-state index contributed by atoms with van der Waals surface area (Å²) in [4.78, 5) is 15.3. The summed E-state index contributed by atoms with van der Waals surface area (Å²) in [7, 11) is 0. The summed E-state index contributed by atoms with van der Waals surface area (Å²) in [6.45, 7) is 1.76. The van der Waals surface area contributed by atoms with E-state index in [0.29, 0.717) is 5.02 Å². The van der Waals surface area contributed by atoms with Gasteiger partial charge in [-0.15, -0.1) is 0 Å². The Kier molecular flexibility index (Phi) is 3.93. The molecule has 1 amide bonds. The largest absolute Gasteiger partial charge is 0.369 e. The number of rotatable bonds is 4. The average Bonchev–Trinajstić information content (AvgIpc) is 2.78. The first-order chi connectivity index (χ1) is 8.58. The number of benzene rings is 1. The molecule has 1 heterocycles. The van der Waals surface area contributed by atoms with Crippen molar-refractivity contribution in [1.29, 1.82) is 0 Å². The number of nitrogens with zero attached hydrogens (tertiary/aromatic N) is 2. The van der Waals surface area contributed by atoms with E-state index >= 15 is 0 Å². The fraction of sp³-hybridized carbons (Fsp3) is 0.167. The summed E-state index contributed by atoms with van der Waals surface area (Å²) in [6, 6.07) is 7.40. The number of carbonyl (C=O) groups is 1. The van der Waals surface area contributed by atoms with Gasteiger partial charge >= 0.3 is 0 Å². The van der Waals surface area contributed by atoms with E-state index in [1.54, 1.807) is 13.1 Å². The predicted octanol–water partition coefficient (Wildman–Crippen LogP) is 2.49. The van der Waals surface area contributed by atoms with Crippen molar-refractivity contribution in [2.45, 2.75) is 17.3 Å². The van der Waals surface area contributed by atoms with Gasteiger partial charge in [-0.25, -0.2) is 4.98 Å². The number of thioether (sulfide) groups is 1. The molecule has 0 aliphatic heterocycles. The first-order valence-electron chi connectivity index (χ1n) is 5.33. The van der Waals surface area contributed by atoms with Crippen molar-refractivity contribution >= 4 is 29.3 Å². The van der Waals surface area contributed by atoms with Gasteiger partial charge in [0.1, 0.15) is 0 Å². The molecule has 0 fully saturated rings. The SMILES string of the molecule is CC(Sc1nccn1-c1ccc(Cl)cc1)C(N)=O. The normalized spacial score (nSPS) is 12.3. The van der Waals surface area contributed by atoms with Crippen molar-refractivity contribution in [2.24, 2.45) is 5.73 Å². The van der Waals surface area contributed by atoms with Crippen molar-refractivity contribution in [2.75, 3.05) is 0 Å². The van der Waals surface area contributed by atoms with Crippen molar-refractivity contribution < 1.29 is 4.79 Å². The van der Waals surface area contributed by atoms with Crippen LogP contribution in [-0.4, -0.2) is 20.7 Å². The van der Waals surface area contributed by atoms with Gasteiger partial charge in [0.15, 0.2) is 5.16 Å². The number of aromatic nitrogens is 2. The Morgan fingerprint density at radius 1 is 1.44 bits per heavy atom. The third kappa shape index (κ3) is 2.86. The minimum Gasteiger partial charge on any atom is -0.369 e. The lowest BCUT2D eigenvalue weighted by Gasteiger charge is -2.10. The molecule has 2 aromatic rings. The lowest BCUT2D eigenvalue weighted by molar-refractivity contribution is -0.117. The molecule has 0 bridgehead atoms. The van der Waals surface area contributed by atoms with Crippen LogP contribution in [0.25, 0.3) is 5.69 Å². The van der Waals surface area contributed by atoms with Gasteiger partial charge in [0.2, 0.25) is 5.91 Å². The summed E-state index contributed by atoms with van der Waals surface area (Å²) in [5.41, 5.74) is 6.19. The molecule has 1 unspecified atom stereocenters. The second-order valence-corrected chi connectivity index (χ2v) is 5.46. The minimum absolute atomic E-state index is 0.321. The molecular formula is C12H12ClN3OS. The first-order valence-corrected chi connectivity index (χ1v) is 6.59. The highest BCUT2D eigenvalue weighted by atomic mass is 35.5. The van der Waals surface area contributed by atoms with Gasteiger partial charge in [-0.2, -0.15) is 0 Å². The van der Waals surface area contributed by atoms with Crippen LogP contribution in [0.5, 0.6) is 0 Å². The summed E-state index contributed by atoms with van der Waals surface area (Å²) >= 11 is 7.18. The van der Waals surface area contributed by atoms with Crippen molar-refractivity contribution in [3.05, 3.63) is 41.7 Å². The second-order valence-electron chi connectivity index (χ2n) is 3.72. The highest BCUT2D eigenvalue weighted by Crippen LogP contribution is 2.24. The van der Waals surface area contributed by atoms with Gasteiger partial charge in [-0.05, 0) is 31.2 Å². The quantitative estimate of drug-likeness (QED) is 0.876. The van der Waals surface area contributed by atoms with E-state index in [1.165, 1.54) is 11.8 Å². The van der Waals surface area contributed by atoms with Crippen LogP contribution in [0.4, 0.5) is 0 Å². The van der Waals surface area contributed by atoms with E-state index in [1.807, 2.05) is 35.0 Å². The molecule has 6 heteroatoms. The average molecular weight is 282 g/mol. The van der Waals surface area contributed by atoms with Crippen molar-refractivity contribution in [1.82, 2.24) is 9.55 Å². The molecule has 0 radical (unpaired) electrons. The van der Waals surface area contributed by atoms with Crippen LogP contribution in [0.15, 0.2) is 41.8 Å². The Hall–Kier alpha value is -1.46. The zero-order chi connectivity index (χ0) is 13.1. The molecule has 18 heavy (non-hydrogen) atoms. The van der Waals surface area contributed by atoms with E-state index in [2.05, 4.69) is 4.98 Å². The molecule has 4 nitrogen and oxygen atoms in total. The van der Waals surface area contributed by atoms with Crippen molar-refractivity contribution in [3.63, 3.8) is 0 Å². The lowest BCUT2D eigenvalue weighted by atomic mass is 10.3. The molecule has 0 spiro atoms. The standard InChI is InChI=1S/C12H12ClN3OS/c1-8(11(14)17)18-12-15-6-7-16(12)10-4-2-9(13)3-5-10/h2-8H,1H3,(H2,14,17). The highest BCUT2D eigenvalue weighted by molar-refractivity contribution is 8.00. The number of carbonyl (C=O) groups excluding carboxylic acids is 1. The fourth-order valence-electron chi connectivity index (χ4n) is 1.39. The van der Waals surface area contributed by atoms with E-state index < -0.39 is 0 Å². The zero-order valence-electron chi connectivity index (χ0n) is 9.71. The molecule has 94 valence electrons. The molecule has 2 N–H and O–H groups in total. The van der Waals surface area contributed by atoms with Crippen LogP contribution in [0.2, 0.25) is 5.02 Å². The number of hydrogen-bond donors (Lipinski definition) is 1. The van der Waals surface area contributed by atoms with Crippen molar-refractivity contribution in [3.8, 4) is 5.69 Å². The molecule has 2 rings (SSSR count). The highest BCUT2D eigenvalue weighted by Gasteiger charge is 2.14. The third-order valence-corrected chi connectivity index (χ3v) is 3.75. The molecule has 1 atom stereocenters. The molecule has 0 aliphatic carbocycles. The Balaban J connectivity index is 2.27. The number of hydrogen-bond acceptors (Lipinski definition) is 3. The van der Waals surface area contributed by atoms with Crippen LogP contribution >= 0.6 is 23.4 Å². The van der Waals surface area contributed by atoms with Gasteiger partial charge in [-0.1, -0.05) is 23.4 Å². The van der Waals surface area contributed by atoms with E-state index in [-0.39, 0.29) is 11.2 Å². The first kappa shape index (κ1) is 13.0. The number of primary amides is 1. The lowest BCUT2D eigenvalue weighted by Crippen LogP contribution is -2.22. The van der Waals surface area contributed by atoms with Crippen LogP contribution in [0.1, 0.15) is 6.92 Å². The summed E-state index contributed by atoms with van der Waals surface area (Å²) in [5.74, 6) is -0.356. The summed E-state index contributed by atoms with van der Waals surface area (Å²) < 4.78 is 1.89.